The van der Waals surface area contributed by atoms with Gasteiger partial charge in [-0.05, 0) is 70.9 Å². The van der Waals surface area contributed by atoms with Crippen molar-refractivity contribution in [3.8, 4) is 5.69 Å². The van der Waals surface area contributed by atoms with Gasteiger partial charge in [-0.3, -0.25) is 14.2 Å². The molecule has 1 atom stereocenters. The number of nitrogens with one attached hydrogen (secondary N) is 1. The van der Waals surface area contributed by atoms with Crippen LogP contribution in [0, 0.1) is 5.92 Å². The number of halogens is 1. The molecule has 1 aliphatic rings. The van der Waals surface area contributed by atoms with Gasteiger partial charge in [0, 0.05) is 9.35 Å². The lowest BCUT2D eigenvalue weighted by Gasteiger charge is -2.17. The van der Waals surface area contributed by atoms with Crippen molar-refractivity contribution in [3.63, 3.8) is 0 Å². The van der Waals surface area contributed by atoms with E-state index in [-0.39, 0.29) is 17.2 Å². The van der Waals surface area contributed by atoms with Crippen LogP contribution in [0.25, 0.3) is 15.9 Å². The minimum absolute atomic E-state index is 0.0491. The fourth-order valence-electron chi connectivity index (χ4n) is 4.15. The van der Waals surface area contributed by atoms with Gasteiger partial charge in [0.2, 0.25) is 5.91 Å². The molecule has 1 unspecified atom stereocenters. The number of anilines is 1. The monoisotopic (exact) mass is 539 g/mol. The van der Waals surface area contributed by atoms with Crippen LogP contribution >= 0.6 is 39.0 Å². The highest BCUT2D eigenvalue weighted by atomic mass is 79.9. The van der Waals surface area contributed by atoms with Crippen molar-refractivity contribution in [2.75, 3.05) is 11.1 Å². The average molecular weight is 541 g/mol. The van der Waals surface area contributed by atoms with E-state index in [4.69, 9.17) is 4.98 Å². The molecule has 5 nitrogen and oxygen atoms in total. The summed E-state index contributed by atoms with van der Waals surface area (Å²) in [6, 6.07) is 17.0. The smallest absolute Gasteiger partial charge is 0.267 e. The fourth-order valence-corrected chi connectivity index (χ4v) is 6.77. The van der Waals surface area contributed by atoms with Crippen molar-refractivity contribution in [2.24, 2.45) is 5.92 Å². The van der Waals surface area contributed by atoms with Crippen molar-refractivity contribution >= 4 is 60.8 Å². The van der Waals surface area contributed by atoms with Gasteiger partial charge in [-0.25, -0.2) is 4.98 Å². The number of carbonyl (C=O) groups excluding carboxylic acids is 1. The van der Waals surface area contributed by atoms with Crippen LogP contribution in [0.4, 0.5) is 5.69 Å². The zero-order chi connectivity index (χ0) is 22.9. The molecule has 5 rings (SSSR count). The van der Waals surface area contributed by atoms with E-state index in [9.17, 15) is 9.59 Å². The van der Waals surface area contributed by atoms with E-state index < -0.39 is 0 Å². The molecule has 0 saturated heterocycles. The third kappa shape index (κ3) is 4.52. The molecule has 1 aliphatic carbocycles. The molecule has 2 heterocycles. The van der Waals surface area contributed by atoms with Crippen molar-refractivity contribution in [3.05, 3.63) is 79.9 Å². The van der Waals surface area contributed by atoms with Gasteiger partial charge < -0.3 is 5.32 Å². The Kier molecular flexibility index (Phi) is 6.40. The molecular weight excluding hydrogens is 518 g/mol. The van der Waals surface area contributed by atoms with Crippen molar-refractivity contribution in [1.82, 2.24) is 9.55 Å². The normalized spacial score (nSPS) is 15.4. The maximum atomic E-state index is 13.8. The Balaban J connectivity index is 1.52. The first-order valence-electron chi connectivity index (χ1n) is 10.8. The summed E-state index contributed by atoms with van der Waals surface area (Å²) in [5.41, 5.74) is 2.59. The number of thiophene rings is 1. The molecule has 0 spiro atoms. The van der Waals surface area contributed by atoms with E-state index in [1.807, 2.05) is 54.6 Å². The van der Waals surface area contributed by atoms with Crippen LogP contribution in [0.2, 0.25) is 0 Å². The summed E-state index contributed by atoms with van der Waals surface area (Å²) in [6.07, 6.45) is 3.01. The second-order valence-electron chi connectivity index (χ2n) is 8.22. The molecule has 0 saturated carbocycles. The first kappa shape index (κ1) is 22.4. The third-order valence-corrected chi connectivity index (χ3v) is 8.57. The van der Waals surface area contributed by atoms with E-state index >= 15 is 0 Å². The second-order valence-corrected chi connectivity index (χ2v) is 11.1. The molecule has 0 aliphatic heterocycles. The number of aryl methyl sites for hydroxylation is 1. The fraction of sp³-hybridized carbons (Fsp3) is 0.240. The highest BCUT2D eigenvalue weighted by Gasteiger charge is 2.25. The Morgan fingerprint density at radius 1 is 1.21 bits per heavy atom. The Hall–Kier alpha value is -2.42. The van der Waals surface area contributed by atoms with Crippen molar-refractivity contribution in [2.45, 2.75) is 31.3 Å². The molecule has 2 aromatic heterocycles. The molecule has 168 valence electrons. The maximum absolute atomic E-state index is 13.8. The number of carbonyl (C=O) groups is 1. The van der Waals surface area contributed by atoms with Crippen LogP contribution in [0.15, 0.2) is 69.0 Å². The lowest BCUT2D eigenvalue weighted by Crippen LogP contribution is -2.23. The van der Waals surface area contributed by atoms with Gasteiger partial charge in [0.05, 0.1) is 22.5 Å². The molecule has 0 fully saturated rings. The van der Waals surface area contributed by atoms with E-state index in [1.54, 1.807) is 15.9 Å². The predicted octanol–water partition coefficient (Wildman–Crippen LogP) is 6.07. The van der Waals surface area contributed by atoms with E-state index in [0.29, 0.717) is 16.8 Å². The van der Waals surface area contributed by atoms with Crippen LogP contribution in [0.1, 0.15) is 23.8 Å². The number of benzene rings is 2. The Labute approximate surface area is 208 Å². The second kappa shape index (κ2) is 9.44. The Morgan fingerprint density at radius 3 is 2.76 bits per heavy atom. The number of hydrogen-bond acceptors (Lipinski definition) is 5. The molecule has 33 heavy (non-hydrogen) atoms. The highest BCUT2D eigenvalue weighted by Crippen LogP contribution is 2.37. The van der Waals surface area contributed by atoms with Gasteiger partial charge in [0.1, 0.15) is 4.83 Å². The van der Waals surface area contributed by atoms with Gasteiger partial charge >= 0.3 is 0 Å². The van der Waals surface area contributed by atoms with Crippen LogP contribution in [-0.2, 0) is 17.6 Å². The Bertz CT molecular complexity index is 1400. The number of nitrogens with zero attached hydrogens (tertiary/aromatic N) is 2. The third-order valence-electron chi connectivity index (χ3n) is 5.79. The largest absolute Gasteiger partial charge is 0.324 e. The lowest BCUT2D eigenvalue weighted by molar-refractivity contribution is -0.113. The number of para-hydroxylation sites is 2. The molecule has 8 heteroatoms. The zero-order valence-corrected chi connectivity index (χ0v) is 21.2. The van der Waals surface area contributed by atoms with Gasteiger partial charge in [-0.2, -0.15) is 0 Å². The minimum Gasteiger partial charge on any atom is -0.324 e. The molecule has 1 N–H and O–H groups in total. The standard InChI is InChI=1S/C25H22BrN3O2S2/c1-15-11-12-17-20(13-15)33-23-22(17)24(31)29(16-7-3-2-4-8-16)25(28-23)32-14-21(30)27-19-10-6-5-9-18(19)26/h2-10,15H,11-14H2,1H3,(H,27,30). The van der Waals surface area contributed by atoms with Crippen LogP contribution in [0.5, 0.6) is 0 Å². The van der Waals surface area contributed by atoms with Crippen LogP contribution in [0.3, 0.4) is 0 Å². The number of hydrogen-bond donors (Lipinski definition) is 1. The van der Waals surface area contributed by atoms with Gasteiger partial charge in [-0.1, -0.05) is 49.0 Å². The first-order valence-corrected chi connectivity index (χ1v) is 13.4. The topological polar surface area (TPSA) is 64.0 Å². The SMILES string of the molecule is CC1CCc2c(sc3nc(SCC(=O)Nc4ccccc4Br)n(-c4ccccc4)c(=O)c23)C1. The van der Waals surface area contributed by atoms with Gasteiger partial charge in [0.25, 0.3) is 5.56 Å². The molecule has 0 radical (unpaired) electrons. The Morgan fingerprint density at radius 2 is 1.97 bits per heavy atom. The quantitative estimate of drug-likeness (QED) is 0.247. The number of amides is 1. The predicted molar refractivity (Wildman–Crippen MR) is 140 cm³/mol. The summed E-state index contributed by atoms with van der Waals surface area (Å²) in [4.78, 5) is 33.4. The number of thioether (sulfide) groups is 1. The van der Waals surface area contributed by atoms with E-state index in [1.165, 1.54) is 22.2 Å². The molecule has 4 aromatic rings. The van der Waals surface area contributed by atoms with E-state index in [0.717, 1.165) is 39.6 Å². The lowest BCUT2D eigenvalue weighted by atomic mass is 9.89. The van der Waals surface area contributed by atoms with E-state index in [2.05, 4.69) is 28.2 Å². The van der Waals surface area contributed by atoms with Crippen LogP contribution in [-0.4, -0.2) is 21.2 Å². The molecule has 0 bridgehead atoms. The van der Waals surface area contributed by atoms with Crippen LogP contribution < -0.4 is 10.9 Å². The number of aromatic nitrogens is 2. The minimum atomic E-state index is -0.153. The summed E-state index contributed by atoms with van der Waals surface area (Å²) in [6.45, 7) is 2.26. The summed E-state index contributed by atoms with van der Waals surface area (Å²) in [5.74, 6) is 0.616. The van der Waals surface area contributed by atoms with Crippen molar-refractivity contribution in [1.29, 1.82) is 0 Å². The number of fused-ring (bicyclic) bond motifs is 3. The molecule has 1 amide bonds. The summed E-state index contributed by atoms with van der Waals surface area (Å²) in [5, 5.41) is 4.20. The first-order chi connectivity index (χ1) is 16.0. The molecule has 2 aromatic carbocycles. The van der Waals surface area contributed by atoms with Gasteiger partial charge in [0.15, 0.2) is 5.16 Å². The van der Waals surface area contributed by atoms with Crippen molar-refractivity contribution < 1.29 is 4.79 Å². The van der Waals surface area contributed by atoms with Gasteiger partial charge in [-0.15, -0.1) is 11.3 Å². The summed E-state index contributed by atoms with van der Waals surface area (Å²) in [7, 11) is 0. The number of rotatable bonds is 5. The average Bonchev–Trinajstić information content (AvgIpc) is 3.17. The summed E-state index contributed by atoms with van der Waals surface area (Å²) < 4.78 is 2.48. The zero-order valence-electron chi connectivity index (χ0n) is 18.0. The summed E-state index contributed by atoms with van der Waals surface area (Å²) >= 11 is 6.37. The highest BCUT2D eigenvalue weighted by molar-refractivity contribution is 9.10. The maximum Gasteiger partial charge on any atom is 0.267 e. The molecular formula is C25H22BrN3O2S2.